The average Bonchev–Trinajstić information content (AvgIpc) is 2.93. The summed E-state index contributed by atoms with van der Waals surface area (Å²) in [7, 11) is 0. The minimum Gasteiger partial charge on any atom is -0.378 e. The summed E-state index contributed by atoms with van der Waals surface area (Å²) < 4.78 is 7.39. The van der Waals surface area contributed by atoms with Gasteiger partial charge in [-0.25, -0.2) is 0 Å². The van der Waals surface area contributed by atoms with E-state index in [0.717, 1.165) is 13.1 Å². The number of ether oxygens (including phenoxy) is 1. The maximum atomic E-state index is 12.2. The average molecular weight is 265 g/mol. The van der Waals surface area contributed by atoms with Crippen LogP contribution in [0.2, 0.25) is 0 Å². The van der Waals surface area contributed by atoms with Gasteiger partial charge in [-0.05, 0) is 25.5 Å². The molecule has 0 aromatic carbocycles. The molecule has 1 N–H and O–H groups in total. The van der Waals surface area contributed by atoms with E-state index in [1.165, 1.54) is 5.56 Å². The van der Waals surface area contributed by atoms with E-state index in [1.807, 2.05) is 11.8 Å². The van der Waals surface area contributed by atoms with Gasteiger partial charge in [0.25, 0.3) is 0 Å². The number of morpholine rings is 1. The van der Waals surface area contributed by atoms with Crippen LogP contribution in [0.15, 0.2) is 18.5 Å². The molecular weight excluding hydrogens is 242 g/mol. The molecule has 2 rings (SSSR count). The zero-order chi connectivity index (χ0) is 13.7. The number of hydrogen-bond donors (Lipinski definition) is 1. The van der Waals surface area contributed by atoms with Crippen molar-refractivity contribution in [2.24, 2.45) is 0 Å². The second-order valence-corrected chi connectivity index (χ2v) is 4.89. The Morgan fingerprint density at radius 3 is 2.84 bits per heavy atom. The molecule has 2 heterocycles. The lowest BCUT2D eigenvalue weighted by Gasteiger charge is -2.29. The third kappa shape index (κ3) is 3.81. The first-order valence-corrected chi connectivity index (χ1v) is 6.95. The van der Waals surface area contributed by atoms with Crippen molar-refractivity contribution in [3.8, 4) is 0 Å². The van der Waals surface area contributed by atoms with Crippen molar-refractivity contribution >= 4 is 5.91 Å². The molecule has 1 saturated heterocycles. The van der Waals surface area contributed by atoms with E-state index in [1.54, 1.807) is 0 Å². The largest absolute Gasteiger partial charge is 0.378 e. The molecule has 1 aromatic heterocycles. The van der Waals surface area contributed by atoms with Gasteiger partial charge >= 0.3 is 0 Å². The summed E-state index contributed by atoms with van der Waals surface area (Å²) in [4.78, 5) is 14.1. The van der Waals surface area contributed by atoms with Crippen LogP contribution in [0.1, 0.15) is 19.4 Å². The van der Waals surface area contributed by atoms with Gasteiger partial charge < -0.3 is 19.5 Å². The maximum Gasteiger partial charge on any atom is 0.239 e. The van der Waals surface area contributed by atoms with Gasteiger partial charge in [-0.2, -0.15) is 0 Å². The third-order valence-electron chi connectivity index (χ3n) is 3.48. The van der Waals surface area contributed by atoms with Crippen molar-refractivity contribution in [1.82, 2.24) is 14.8 Å². The zero-order valence-corrected chi connectivity index (χ0v) is 11.8. The fourth-order valence-corrected chi connectivity index (χ4v) is 2.21. The van der Waals surface area contributed by atoms with E-state index in [4.69, 9.17) is 4.74 Å². The van der Waals surface area contributed by atoms with Crippen LogP contribution in [0, 0.1) is 0 Å². The summed E-state index contributed by atoms with van der Waals surface area (Å²) in [6, 6.07) is 1.94. The van der Waals surface area contributed by atoms with Crippen LogP contribution in [0.3, 0.4) is 0 Å². The Bertz CT molecular complexity index is 411. The van der Waals surface area contributed by atoms with Gasteiger partial charge in [0.15, 0.2) is 0 Å². The predicted molar refractivity (Wildman–Crippen MR) is 73.8 cm³/mol. The molecule has 0 saturated carbocycles. The Morgan fingerprint density at radius 2 is 2.21 bits per heavy atom. The smallest absolute Gasteiger partial charge is 0.239 e. The topological polar surface area (TPSA) is 46.5 Å². The molecule has 1 atom stereocenters. The van der Waals surface area contributed by atoms with E-state index in [9.17, 15) is 4.79 Å². The minimum absolute atomic E-state index is 0.150. The fraction of sp³-hybridized carbons (Fsp3) is 0.643. The molecule has 0 bridgehead atoms. The van der Waals surface area contributed by atoms with Gasteiger partial charge in [0.05, 0.1) is 19.3 Å². The number of rotatable bonds is 5. The molecule has 1 unspecified atom stereocenters. The van der Waals surface area contributed by atoms with E-state index in [0.29, 0.717) is 26.3 Å². The number of aryl methyl sites for hydroxylation is 1. The van der Waals surface area contributed by atoms with Crippen molar-refractivity contribution in [2.75, 3.05) is 26.3 Å². The highest BCUT2D eigenvalue weighted by Crippen LogP contribution is 2.04. The lowest BCUT2D eigenvalue weighted by Crippen LogP contribution is -2.49. The van der Waals surface area contributed by atoms with Gasteiger partial charge in [-0.15, -0.1) is 0 Å². The van der Waals surface area contributed by atoms with Crippen LogP contribution in [0.5, 0.6) is 0 Å². The molecule has 0 aliphatic carbocycles. The summed E-state index contributed by atoms with van der Waals surface area (Å²) in [5.41, 5.74) is 1.21. The monoisotopic (exact) mass is 265 g/mol. The van der Waals surface area contributed by atoms with Gasteiger partial charge in [-0.3, -0.25) is 4.79 Å². The van der Waals surface area contributed by atoms with E-state index >= 15 is 0 Å². The molecule has 1 aliphatic heterocycles. The van der Waals surface area contributed by atoms with Crippen LogP contribution >= 0.6 is 0 Å². The molecule has 1 aliphatic rings. The molecule has 5 heteroatoms. The Balaban J connectivity index is 1.79. The standard InChI is InChI=1S/C14H23N3O2/c1-3-16-5-4-13(11-16)10-15-12(2)14(18)17-6-8-19-9-7-17/h4-5,11-12,15H,3,6-10H2,1-2H3. The van der Waals surface area contributed by atoms with Crippen molar-refractivity contribution in [3.63, 3.8) is 0 Å². The van der Waals surface area contributed by atoms with Crippen LogP contribution in [-0.4, -0.2) is 47.7 Å². The Labute approximate surface area is 114 Å². The minimum atomic E-state index is -0.150. The molecule has 5 nitrogen and oxygen atoms in total. The molecule has 1 fully saturated rings. The number of carbonyl (C=O) groups excluding carboxylic acids is 1. The fourth-order valence-electron chi connectivity index (χ4n) is 2.21. The van der Waals surface area contributed by atoms with Crippen molar-refractivity contribution in [1.29, 1.82) is 0 Å². The summed E-state index contributed by atoms with van der Waals surface area (Å²) in [6.07, 6.45) is 4.17. The van der Waals surface area contributed by atoms with Crippen LogP contribution < -0.4 is 5.32 Å². The summed E-state index contributed by atoms with van der Waals surface area (Å²) in [5, 5.41) is 3.29. The maximum absolute atomic E-state index is 12.2. The number of aromatic nitrogens is 1. The van der Waals surface area contributed by atoms with Gasteiger partial charge in [0, 0.05) is 38.6 Å². The molecule has 19 heavy (non-hydrogen) atoms. The summed E-state index contributed by atoms with van der Waals surface area (Å²) >= 11 is 0. The summed E-state index contributed by atoms with van der Waals surface area (Å²) in [5.74, 6) is 0.165. The molecule has 0 radical (unpaired) electrons. The van der Waals surface area contributed by atoms with E-state index in [-0.39, 0.29) is 11.9 Å². The van der Waals surface area contributed by atoms with Crippen LogP contribution in [0.25, 0.3) is 0 Å². The van der Waals surface area contributed by atoms with Crippen LogP contribution in [-0.2, 0) is 22.6 Å². The van der Waals surface area contributed by atoms with Crippen molar-refractivity contribution < 1.29 is 9.53 Å². The second-order valence-electron chi connectivity index (χ2n) is 4.89. The molecule has 0 spiro atoms. The lowest BCUT2D eigenvalue weighted by atomic mass is 10.2. The molecule has 1 amide bonds. The third-order valence-corrected chi connectivity index (χ3v) is 3.48. The molecule has 1 aromatic rings. The highest BCUT2D eigenvalue weighted by Gasteiger charge is 2.21. The van der Waals surface area contributed by atoms with E-state index in [2.05, 4.69) is 35.3 Å². The first-order chi connectivity index (χ1) is 9.20. The SMILES string of the molecule is CCn1ccc(CNC(C)C(=O)N2CCOCC2)c1. The van der Waals surface area contributed by atoms with E-state index < -0.39 is 0 Å². The lowest BCUT2D eigenvalue weighted by molar-refractivity contribution is -0.137. The molecule has 106 valence electrons. The Hall–Kier alpha value is -1.33. The Kier molecular flexibility index (Phi) is 4.99. The number of amides is 1. The number of hydrogen-bond acceptors (Lipinski definition) is 3. The van der Waals surface area contributed by atoms with Crippen molar-refractivity contribution in [3.05, 3.63) is 24.0 Å². The zero-order valence-electron chi connectivity index (χ0n) is 11.8. The first kappa shape index (κ1) is 14.1. The van der Waals surface area contributed by atoms with Gasteiger partial charge in [-0.1, -0.05) is 0 Å². The normalized spacial score (nSPS) is 17.5. The predicted octanol–water partition coefficient (Wildman–Crippen LogP) is 0.845. The number of carbonyl (C=O) groups is 1. The first-order valence-electron chi connectivity index (χ1n) is 6.95. The van der Waals surface area contributed by atoms with Crippen LogP contribution in [0.4, 0.5) is 0 Å². The summed E-state index contributed by atoms with van der Waals surface area (Å²) in [6.45, 7) is 8.45. The highest BCUT2D eigenvalue weighted by atomic mass is 16.5. The van der Waals surface area contributed by atoms with Crippen molar-refractivity contribution in [2.45, 2.75) is 33.0 Å². The van der Waals surface area contributed by atoms with Gasteiger partial charge in [0.1, 0.15) is 0 Å². The second kappa shape index (κ2) is 6.73. The number of nitrogens with one attached hydrogen (secondary N) is 1. The highest BCUT2D eigenvalue weighted by molar-refractivity contribution is 5.81. The number of nitrogens with zero attached hydrogens (tertiary/aromatic N) is 2. The quantitative estimate of drug-likeness (QED) is 0.858. The Morgan fingerprint density at radius 1 is 1.47 bits per heavy atom. The molecular formula is C14H23N3O2. The van der Waals surface area contributed by atoms with Gasteiger partial charge in [0.2, 0.25) is 5.91 Å².